The number of fused-ring (bicyclic) bond motifs is 1. The van der Waals surface area contributed by atoms with Crippen LogP contribution in [0.4, 0.5) is 22.0 Å². The minimum absolute atomic E-state index is 0.0505. The lowest BCUT2D eigenvalue weighted by Crippen LogP contribution is -2.35. The van der Waals surface area contributed by atoms with E-state index in [2.05, 4.69) is 10.2 Å². The number of nitrogens with zero attached hydrogens (tertiary/aromatic N) is 3. The normalized spacial score (nSPS) is 16.1. The predicted octanol–water partition coefficient (Wildman–Crippen LogP) is 7.26. The van der Waals surface area contributed by atoms with Crippen molar-refractivity contribution in [1.29, 1.82) is 5.41 Å². The van der Waals surface area contributed by atoms with Gasteiger partial charge >= 0.3 is 0 Å². The Morgan fingerprint density at radius 2 is 1.71 bits per heavy atom. The van der Waals surface area contributed by atoms with E-state index in [-0.39, 0.29) is 46.1 Å². The van der Waals surface area contributed by atoms with Gasteiger partial charge in [0.25, 0.3) is 13.0 Å². The van der Waals surface area contributed by atoms with Gasteiger partial charge in [0.05, 0.1) is 16.8 Å². The molecule has 1 aliphatic rings. The molecule has 0 saturated heterocycles. The van der Waals surface area contributed by atoms with Gasteiger partial charge in [-0.15, -0.1) is 0 Å². The van der Waals surface area contributed by atoms with Crippen LogP contribution in [-0.4, -0.2) is 46.8 Å². The fourth-order valence-corrected chi connectivity index (χ4v) is 6.79. The zero-order valence-corrected chi connectivity index (χ0v) is 28.1. The van der Waals surface area contributed by atoms with Gasteiger partial charge in [0.1, 0.15) is 17.5 Å². The number of aryl methyl sites for hydroxylation is 1. The molecular formula is C36H38BF5N5O2. The Labute approximate surface area is 282 Å². The first-order valence-corrected chi connectivity index (χ1v) is 16.3. The van der Waals surface area contributed by atoms with Gasteiger partial charge < -0.3 is 10.6 Å². The highest BCUT2D eigenvalue weighted by Gasteiger charge is 2.46. The molecule has 1 fully saturated rings. The van der Waals surface area contributed by atoms with E-state index in [1.807, 2.05) is 20.8 Å². The predicted molar refractivity (Wildman–Crippen MR) is 180 cm³/mol. The molecule has 0 amide bonds. The van der Waals surface area contributed by atoms with Gasteiger partial charge in [-0.2, -0.15) is 0 Å². The Kier molecular flexibility index (Phi) is 10.2. The van der Waals surface area contributed by atoms with Crippen LogP contribution >= 0.6 is 0 Å². The highest BCUT2D eigenvalue weighted by Crippen LogP contribution is 2.46. The van der Waals surface area contributed by atoms with Gasteiger partial charge in [-0.1, -0.05) is 26.8 Å². The third-order valence-corrected chi connectivity index (χ3v) is 9.47. The van der Waals surface area contributed by atoms with Crippen LogP contribution in [0.3, 0.4) is 0 Å². The molecule has 4 aromatic rings. The van der Waals surface area contributed by atoms with Crippen LogP contribution in [0.1, 0.15) is 96.5 Å². The molecule has 2 aromatic heterocycles. The molecule has 1 unspecified atom stereocenters. The smallest absolute Gasteiger partial charge is 0.270 e. The standard InChI is InChI=1S/C36H38BF5N5O2/c1-6-22-7-8-27(20(4)29(22)31(43)37-44-5)47-33(26(19(2)3)15-21-13-24(38)17-25(39)14-21)46-32-30(34(47)49)23(18-48)16-28(45-32)35(40)9-11-36(41,42)12-10-35/h7-8,13-14,16-19,26,43-44H,6,9-12,15H2,1-5H3. The summed E-state index contributed by atoms with van der Waals surface area (Å²) in [5.74, 6) is -5.36. The van der Waals surface area contributed by atoms with E-state index < -0.39 is 60.4 Å². The molecule has 1 radical (unpaired) electrons. The second-order valence-corrected chi connectivity index (χ2v) is 13.1. The molecule has 2 aromatic carbocycles. The third-order valence-electron chi connectivity index (χ3n) is 9.47. The Bertz CT molecular complexity index is 1970. The number of hydrogen-bond donors (Lipinski definition) is 2. The fraction of sp³-hybridized carbons (Fsp3) is 0.417. The highest BCUT2D eigenvalue weighted by atomic mass is 19.3. The molecule has 7 nitrogen and oxygen atoms in total. The SMILES string of the molecule is CCc1ccc(-n2c(C(Cc3cc(F)cc(F)c3)C(C)C)nc3nc(C4(F)CCC(F)(F)CC4)cc(C=O)c3c2=O)c(C)c1C(=N)[B]NC. The van der Waals surface area contributed by atoms with Gasteiger partial charge in [-0.05, 0) is 92.1 Å². The number of carbonyl (C=O) groups is 1. The fourth-order valence-electron chi connectivity index (χ4n) is 6.79. The molecule has 13 heteroatoms. The average Bonchev–Trinajstić information content (AvgIpc) is 3.04. The summed E-state index contributed by atoms with van der Waals surface area (Å²) in [4.78, 5) is 36.4. The van der Waals surface area contributed by atoms with E-state index in [9.17, 15) is 27.2 Å². The number of aromatic nitrogens is 3. The van der Waals surface area contributed by atoms with Gasteiger partial charge in [-0.25, -0.2) is 31.9 Å². The van der Waals surface area contributed by atoms with Crippen molar-refractivity contribution < 1.29 is 26.7 Å². The lowest BCUT2D eigenvalue weighted by molar-refractivity contribution is -0.0784. The molecule has 2 heterocycles. The van der Waals surface area contributed by atoms with Crippen LogP contribution in [0.15, 0.2) is 41.2 Å². The van der Waals surface area contributed by atoms with Crippen LogP contribution in [0.5, 0.6) is 0 Å². The lowest BCUT2D eigenvalue weighted by atomic mass is 9.77. The molecule has 2 N–H and O–H groups in total. The topological polar surface area (TPSA) is 101 Å². The number of carbonyl (C=O) groups excluding carboxylic acids is 1. The van der Waals surface area contributed by atoms with Crippen LogP contribution in [-0.2, 0) is 18.5 Å². The molecule has 1 aliphatic carbocycles. The van der Waals surface area contributed by atoms with E-state index >= 15 is 4.39 Å². The maximum absolute atomic E-state index is 16.3. The van der Waals surface area contributed by atoms with E-state index in [1.165, 1.54) is 24.1 Å². The number of benzene rings is 2. The van der Waals surface area contributed by atoms with Crippen LogP contribution < -0.4 is 10.8 Å². The van der Waals surface area contributed by atoms with E-state index in [0.717, 1.165) is 17.7 Å². The number of aldehydes is 1. The summed E-state index contributed by atoms with van der Waals surface area (Å²) in [7, 11) is 3.19. The minimum atomic E-state index is -3.02. The van der Waals surface area contributed by atoms with Crippen LogP contribution in [0.25, 0.3) is 16.7 Å². The van der Waals surface area contributed by atoms with E-state index in [0.29, 0.717) is 35.1 Å². The Morgan fingerprint density at radius 3 is 2.29 bits per heavy atom. The summed E-state index contributed by atoms with van der Waals surface area (Å²) < 4.78 is 74.3. The second kappa shape index (κ2) is 13.9. The van der Waals surface area contributed by atoms with Crippen molar-refractivity contribution >= 4 is 30.3 Å². The summed E-state index contributed by atoms with van der Waals surface area (Å²) >= 11 is 0. The molecule has 257 valence electrons. The van der Waals surface area contributed by atoms with Crippen molar-refractivity contribution in [3.05, 3.63) is 97.7 Å². The van der Waals surface area contributed by atoms with Crippen molar-refractivity contribution in [3.63, 3.8) is 0 Å². The maximum atomic E-state index is 16.3. The largest absolute Gasteiger partial charge is 0.357 e. The van der Waals surface area contributed by atoms with Crippen molar-refractivity contribution in [3.8, 4) is 5.69 Å². The number of pyridine rings is 1. The van der Waals surface area contributed by atoms with Gasteiger partial charge in [0.2, 0.25) is 5.92 Å². The summed E-state index contributed by atoms with van der Waals surface area (Å²) in [5.41, 5.74) is -0.808. The quantitative estimate of drug-likeness (QED) is 0.0753. The number of alkyl halides is 3. The number of nitrogens with one attached hydrogen (secondary N) is 2. The summed E-state index contributed by atoms with van der Waals surface area (Å²) in [6.45, 7) is 7.42. The second-order valence-electron chi connectivity index (χ2n) is 13.1. The summed E-state index contributed by atoms with van der Waals surface area (Å²) in [6.07, 6.45) is -1.41. The first kappa shape index (κ1) is 36.0. The van der Waals surface area contributed by atoms with Crippen molar-refractivity contribution in [2.45, 2.75) is 83.7 Å². The van der Waals surface area contributed by atoms with Gasteiger partial charge in [-0.3, -0.25) is 14.2 Å². The first-order chi connectivity index (χ1) is 23.1. The Hall–Kier alpha value is -4.26. The molecule has 1 atom stereocenters. The zero-order chi connectivity index (χ0) is 35.8. The zero-order valence-electron chi connectivity index (χ0n) is 28.1. The lowest BCUT2D eigenvalue weighted by Gasteiger charge is -2.33. The van der Waals surface area contributed by atoms with E-state index in [4.69, 9.17) is 10.4 Å². The molecule has 0 spiro atoms. The van der Waals surface area contributed by atoms with E-state index in [1.54, 1.807) is 26.1 Å². The summed E-state index contributed by atoms with van der Waals surface area (Å²) in [6, 6.07) is 7.82. The molecule has 0 aliphatic heterocycles. The Morgan fingerprint density at radius 1 is 1.06 bits per heavy atom. The van der Waals surface area contributed by atoms with Gasteiger partial charge in [0.15, 0.2) is 17.6 Å². The molecule has 49 heavy (non-hydrogen) atoms. The Balaban J connectivity index is 1.85. The molecule has 0 bridgehead atoms. The summed E-state index contributed by atoms with van der Waals surface area (Å²) in [5, 5.41) is 11.4. The molecular weight excluding hydrogens is 640 g/mol. The number of hydrogen-bond acceptors (Lipinski definition) is 6. The molecule has 1 saturated carbocycles. The maximum Gasteiger partial charge on any atom is 0.270 e. The average molecular weight is 679 g/mol. The van der Waals surface area contributed by atoms with Crippen molar-refractivity contribution in [2.75, 3.05) is 7.05 Å². The monoisotopic (exact) mass is 678 g/mol. The number of halogens is 5. The highest BCUT2D eigenvalue weighted by molar-refractivity contribution is 6.76. The molecule has 5 rings (SSSR count). The third kappa shape index (κ3) is 7.08. The van der Waals surface area contributed by atoms with Crippen LogP contribution in [0, 0.1) is 29.9 Å². The van der Waals surface area contributed by atoms with Gasteiger partial charge in [0, 0.05) is 36.0 Å². The minimum Gasteiger partial charge on any atom is -0.357 e. The first-order valence-electron chi connectivity index (χ1n) is 16.3. The number of rotatable bonds is 11. The van der Waals surface area contributed by atoms with Crippen molar-refractivity contribution in [2.24, 2.45) is 5.92 Å². The van der Waals surface area contributed by atoms with Crippen molar-refractivity contribution in [1.82, 2.24) is 19.8 Å². The van der Waals surface area contributed by atoms with Crippen LogP contribution in [0.2, 0.25) is 0 Å².